The van der Waals surface area contributed by atoms with Gasteiger partial charge in [-0.3, -0.25) is 19.1 Å². The molecule has 35 heavy (non-hydrogen) atoms. The zero-order chi connectivity index (χ0) is 24.9. The highest BCUT2D eigenvalue weighted by Crippen LogP contribution is 2.24. The van der Waals surface area contributed by atoms with Crippen LogP contribution in [-0.4, -0.2) is 56.6 Å². The molecule has 0 spiro atoms. The van der Waals surface area contributed by atoms with Crippen molar-refractivity contribution in [1.29, 1.82) is 0 Å². The molecule has 1 aliphatic rings. The minimum atomic E-state index is -0.597. The average molecular weight is 501 g/mol. The molecule has 0 saturated heterocycles. The molecular weight excluding hydrogens is 475 g/mol. The normalized spacial score (nSPS) is 17.8. The van der Waals surface area contributed by atoms with Crippen molar-refractivity contribution >= 4 is 40.6 Å². The first-order chi connectivity index (χ1) is 16.9. The van der Waals surface area contributed by atoms with E-state index in [1.807, 2.05) is 0 Å². The van der Waals surface area contributed by atoms with Crippen LogP contribution in [0.2, 0.25) is 5.02 Å². The molecule has 1 heterocycles. The van der Waals surface area contributed by atoms with Crippen molar-refractivity contribution in [1.82, 2.24) is 20.0 Å². The molecule has 0 unspecified atom stereocenters. The van der Waals surface area contributed by atoms with Gasteiger partial charge in [-0.05, 0) is 37.8 Å². The lowest BCUT2D eigenvalue weighted by molar-refractivity contribution is -0.140. The number of nitrogens with zero attached hydrogens (tertiary/aromatic N) is 3. The Morgan fingerprint density at radius 2 is 1.91 bits per heavy atom. The van der Waals surface area contributed by atoms with Crippen LogP contribution in [0.25, 0.3) is 10.9 Å². The first-order valence-electron chi connectivity index (χ1n) is 11.4. The number of rotatable bonds is 8. The number of aromatic nitrogens is 2. The van der Waals surface area contributed by atoms with E-state index >= 15 is 0 Å². The number of aliphatic hydroxyl groups is 1. The van der Waals surface area contributed by atoms with Crippen molar-refractivity contribution in [3.63, 3.8) is 0 Å². The molecule has 10 heteroatoms. The fourth-order valence-electron chi connectivity index (χ4n) is 4.46. The van der Waals surface area contributed by atoms with E-state index in [-0.39, 0.29) is 47.9 Å². The van der Waals surface area contributed by atoms with Gasteiger partial charge in [0.05, 0.1) is 23.2 Å². The number of hydrogen-bond donors (Lipinski definition) is 2. The summed E-state index contributed by atoms with van der Waals surface area (Å²) in [6.45, 7) is -0.436. The molecule has 4 rings (SSSR count). The molecule has 2 N–H and O–H groups in total. The van der Waals surface area contributed by atoms with E-state index in [0.717, 1.165) is 0 Å². The summed E-state index contributed by atoms with van der Waals surface area (Å²) in [5.74, 6) is -1.37. The number of aliphatic hydroxyl groups excluding tert-OH is 1. The zero-order valence-corrected chi connectivity index (χ0v) is 19.7. The Morgan fingerprint density at radius 1 is 1.17 bits per heavy atom. The second kappa shape index (κ2) is 11.0. The third kappa shape index (κ3) is 5.68. The number of benzene rings is 2. The monoisotopic (exact) mass is 500 g/mol. The quantitative estimate of drug-likeness (QED) is 0.462. The lowest BCUT2D eigenvalue weighted by Crippen LogP contribution is -2.49. The van der Waals surface area contributed by atoms with Gasteiger partial charge in [-0.15, -0.1) is 0 Å². The Morgan fingerprint density at radius 3 is 2.66 bits per heavy atom. The van der Waals surface area contributed by atoms with Gasteiger partial charge in [0.2, 0.25) is 11.8 Å². The van der Waals surface area contributed by atoms with Gasteiger partial charge in [0.1, 0.15) is 18.1 Å². The van der Waals surface area contributed by atoms with Crippen LogP contribution in [0.15, 0.2) is 42.5 Å². The van der Waals surface area contributed by atoms with Crippen molar-refractivity contribution < 1.29 is 23.9 Å². The number of carbonyl (C=O) groups is 3. The second-order valence-electron chi connectivity index (χ2n) is 8.65. The fraction of sp³-hybridized carbons (Fsp3) is 0.360. The van der Waals surface area contributed by atoms with Crippen molar-refractivity contribution in [3.8, 4) is 0 Å². The Balaban J connectivity index is 1.50. The molecular formula is C25H26ClFN4O4. The first-order valence-corrected chi connectivity index (χ1v) is 11.8. The molecule has 0 aliphatic heterocycles. The highest BCUT2D eigenvalue weighted by molar-refractivity contribution is 6.30. The number of hydrogen-bond acceptors (Lipinski definition) is 5. The van der Waals surface area contributed by atoms with Crippen LogP contribution in [0.3, 0.4) is 0 Å². The van der Waals surface area contributed by atoms with E-state index in [2.05, 4.69) is 10.4 Å². The Hall–Kier alpha value is -3.30. The molecule has 3 aromatic rings. The summed E-state index contributed by atoms with van der Waals surface area (Å²) in [7, 11) is 0. The van der Waals surface area contributed by atoms with E-state index in [1.54, 1.807) is 30.3 Å². The molecule has 2 aromatic carbocycles. The smallest absolute Gasteiger partial charge is 0.245 e. The molecule has 0 bridgehead atoms. The highest BCUT2D eigenvalue weighted by atomic mass is 35.5. The van der Waals surface area contributed by atoms with Gasteiger partial charge < -0.3 is 15.3 Å². The molecule has 2 amide bonds. The van der Waals surface area contributed by atoms with E-state index < -0.39 is 17.8 Å². The number of carbonyl (C=O) groups excluding carboxylic acids is 3. The highest BCUT2D eigenvalue weighted by Gasteiger charge is 2.30. The largest absolute Gasteiger partial charge is 0.393 e. The maximum absolute atomic E-state index is 14.2. The Kier molecular flexibility index (Phi) is 7.77. The van der Waals surface area contributed by atoms with Gasteiger partial charge in [-0.2, -0.15) is 5.10 Å². The molecule has 0 atom stereocenters. The summed E-state index contributed by atoms with van der Waals surface area (Å²) in [6, 6.07) is 11.4. The molecule has 1 fully saturated rings. The van der Waals surface area contributed by atoms with Crippen molar-refractivity contribution in [3.05, 3.63) is 64.6 Å². The Labute approximate surface area is 206 Å². The lowest BCUT2D eigenvalue weighted by atomic mass is 9.92. The average Bonchev–Trinajstić information content (AvgIpc) is 3.21. The van der Waals surface area contributed by atoms with Gasteiger partial charge in [0.25, 0.3) is 0 Å². The fourth-order valence-corrected chi connectivity index (χ4v) is 4.65. The molecule has 1 saturated carbocycles. The van der Waals surface area contributed by atoms with Crippen molar-refractivity contribution in [2.75, 3.05) is 6.54 Å². The number of halogens is 2. The lowest BCUT2D eigenvalue weighted by Gasteiger charge is -2.35. The minimum absolute atomic E-state index is 0.0320. The molecule has 1 aromatic heterocycles. The number of aldehydes is 1. The number of fused-ring (bicyclic) bond motifs is 1. The van der Waals surface area contributed by atoms with Crippen LogP contribution >= 0.6 is 11.6 Å². The van der Waals surface area contributed by atoms with Crippen LogP contribution in [0.1, 0.15) is 41.7 Å². The van der Waals surface area contributed by atoms with Crippen molar-refractivity contribution in [2.45, 2.75) is 50.9 Å². The van der Waals surface area contributed by atoms with Crippen LogP contribution in [0.4, 0.5) is 4.39 Å². The van der Waals surface area contributed by atoms with Crippen LogP contribution in [0.5, 0.6) is 0 Å². The van der Waals surface area contributed by atoms with Gasteiger partial charge in [-0.25, -0.2) is 4.39 Å². The van der Waals surface area contributed by atoms with Crippen molar-refractivity contribution in [2.24, 2.45) is 0 Å². The van der Waals surface area contributed by atoms with Crippen LogP contribution < -0.4 is 5.32 Å². The molecule has 184 valence electrons. The topological polar surface area (TPSA) is 105 Å². The van der Waals surface area contributed by atoms with E-state index in [1.165, 1.54) is 21.7 Å². The second-order valence-corrected chi connectivity index (χ2v) is 9.06. The van der Waals surface area contributed by atoms with Gasteiger partial charge in [0.15, 0.2) is 6.29 Å². The SMILES string of the molecule is O=Cc1nn(CC(=O)N(CC(=O)NCc2cccc(Cl)c2F)[C@H]2CC[C@@H](O)CC2)c2ccccc12. The van der Waals surface area contributed by atoms with Crippen LogP contribution in [0, 0.1) is 5.82 Å². The van der Waals surface area contributed by atoms with E-state index in [0.29, 0.717) is 42.9 Å². The van der Waals surface area contributed by atoms with E-state index in [9.17, 15) is 23.9 Å². The summed E-state index contributed by atoms with van der Waals surface area (Å²) < 4.78 is 15.6. The summed E-state index contributed by atoms with van der Waals surface area (Å²) in [6.07, 6.45) is 2.40. The summed E-state index contributed by atoms with van der Waals surface area (Å²) in [5.41, 5.74) is 1.12. The third-order valence-corrected chi connectivity index (χ3v) is 6.62. The Bertz CT molecular complexity index is 1240. The van der Waals surface area contributed by atoms with E-state index in [4.69, 9.17) is 11.6 Å². The van der Waals surface area contributed by atoms with Gasteiger partial charge in [-0.1, -0.05) is 41.9 Å². The number of amides is 2. The maximum atomic E-state index is 14.2. The van der Waals surface area contributed by atoms with Crippen LogP contribution in [-0.2, 0) is 22.7 Å². The van der Waals surface area contributed by atoms with Gasteiger partial charge >= 0.3 is 0 Å². The predicted octanol–water partition coefficient (Wildman–Crippen LogP) is 3.09. The predicted molar refractivity (Wildman–Crippen MR) is 128 cm³/mol. The number of nitrogens with one attached hydrogen (secondary N) is 1. The third-order valence-electron chi connectivity index (χ3n) is 6.33. The molecule has 0 radical (unpaired) electrons. The summed E-state index contributed by atoms with van der Waals surface area (Å²) >= 11 is 5.81. The zero-order valence-electron chi connectivity index (χ0n) is 19.0. The van der Waals surface area contributed by atoms with Gasteiger partial charge in [0, 0.05) is 23.5 Å². The maximum Gasteiger partial charge on any atom is 0.245 e. The minimum Gasteiger partial charge on any atom is -0.393 e. The number of para-hydroxylation sites is 1. The molecule has 1 aliphatic carbocycles. The summed E-state index contributed by atoms with van der Waals surface area (Å²) in [5, 5.41) is 17.4. The first kappa shape index (κ1) is 24.8. The molecule has 8 nitrogen and oxygen atoms in total. The standard InChI is InChI=1S/C25H26ClFN4O4/c26-20-6-3-4-16(25(20)27)12-28-23(34)13-30(17-8-10-18(33)11-9-17)24(35)14-31-22-7-2-1-5-19(22)21(15-32)29-31/h1-7,15,17-18,33H,8-14H2,(H,28,34)/t17-,18+. The summed E-state index contributed by atoms with van der Waals surface area (Å²) in [4.78, 5) is 39.1.